The van der Waals surface area contributed by atoms with Gasteiger partial charge in [-0.2, -0.15) is 0 Å². The molecule has 2 aliphatic carbocycles. The molecule has 0 bridgehead atoms. The summed E-state index contributed by atoms with van der Waals surface area (Å²) in [5.74, 6) is -0.180. The van der Waals surface area contributed by atoms with Crippen molar-refractivity contribution < 1.29 is 14.3 Å². The maximum atomic E-state index is 14.0. The van der Waals surface area contributed by atoms with Crippen molar-refractivity contribution in [3.63, 3.8) is 0 Å². The van der Waals surface area contributed by atoms with E-state index in [1.807, 2.05) is 18.2 Å². The maximum Gasteiger partial charge on any atom is 0.168 e. The summed E-state index contributed by atoms with van der Waals surface area (Å²) in [6, 6.07) is 31.5. The lowest BCUT2D eigenvalue weighted by Gasteiger charge is -2.40. The molecule has 0 amide bonds. The summed E-state index contributed by atoms with van der Waals surface area (Å²) in [4.78, 5) is 14.0. The van der Waals surface area contributed by atoms with Gasteiger partial charge in [0.1, 0.15) is 0 Å². The van der Waals surface area contributed by atoms with Crippen LogP contribution in [0.5, 0.6) is 0 Å². The third kappa shape index (κ3) is 3.38. The highest BCUT2D eigenvalue weighted by atomic mass is 16.7. The molecule has 2 spiro atoms. The normalized spacial score (nSPS) is 21.2. The number of rotatable bonds is 4. The Labute approximate surface area is 201 Å². The first-order valence-corrected chi connectivity index (χ1v) is 12.4. The fourth-order valence-corrected chi connectivity index (χ4v) is 6.44. The van der Waals surface area contributed by atoms with Crippen LogP contribution in [0.4, 0.5) is 0 Å². The molecule has 1 saturated carbocycles. The maximum absolute atomic E-state index is 14.0. The smallest absolute Gasteiger partial charge is 0.168 e. The summed E-state index contributed by atoms with van der Waals surface area (Å²) in [7, 11) is 0. The van der Waals surface area contributed by atoms with E-state index in [9.17, 15) is 4.79 Å². The highest BCUT2D eigenvalue weighted by Crippen LogP contribution is 2.56. The number of carbonyl (C=O) groups is 1. The molecule has 0 N–H and O–H groups in total. The highest BCUT2D eigenvalue weighted by molar-refractivity contribution is 6.03. The molecule has 2 fully saturated rings. The van der Waals surface area contributed by atoms with E-state index in [0.29, 0.717) is 19.6 Å². The van der Waals surface area contributed by atoms with Crippen LogP contribution in [0.1, 0.15) is 48.8 Å². The fourth-order valence-electron chi connectivity index (χ4n) is 6.44. The van der Waals surface area contributed by atoms with Crippen LogP contribution < -0.4 is 0 Å². The van der Waals surface area contributed by atoms with E-state index in [0.717, 1.165) is 47.9 Å². The third-order valence-electron chi connectivity index (χ3n) is 8.11. The molecule has 1 aliphatic heterocycles. The quantitative estimate of drug-likeness (QED) is 0.443. The Kier molecular flexibility index (Phi) is 5.28. The van der Waals surface area contributed by atoms with Gasteiger partial charge >= 0.3 is 0 Å². The second-order valence-corrected chi connectivity index (χ2v) is 9.98. The van der Waals surface area contributed by atoms with Gasteiger partial charge in [-0.25, -0.2) is 0 Å². The minimum Gasteiger partial charge on any atom is -0.348 e. The van der Waals surface area contributed by atoms with Crippen LogP contribution >= 0.6 is 0 Å². The average molecular weight is 451 g/mol. The first kappa shape index (κ1) is 21.5. The van der Waals surface area contributed by atoms with Crippen molar-refractivity contribution in [2.24, 2.45) is 5.41 Å². The predicted octanol–water partition coefficient (Wildman–Crippen LogP) is 6.22. The molecule has 3 aliphatic rings. The van der Waals surface area contributed by atoms with Crippen LogP contribution in [-0.2, 0) is 19.7 Å². The molecule has 3 aromatic rings. The Bertz CT molecular complexity index is 1080. The molecule has 1 saturated heterocycles. The van der Waals surface area contributed by atoms with Crippen LogP contribution in [-0.4, -0.2) is 24.8 Å². The zero-order valence-corrected chi connectivity index (χ0v) is 19.4. The second-order valence-electron chi connectivity index (χ2n) is 9.98. The van der Waals surface area contributed by atoms with Gasteiger partial charge in [-0.15, -0.1) is 0 Å². The van der Waals surface area contributed by atoms with Crippen LogP contribution in [0.25, 0.3) is 0 Å². The molecule has 3 aromatic carbocycles. The van der Waals surface area contributed by atoms with E-state index in [4.69, 9.17) is 9.47 Å². The molecule has 0 unspecified atom stereocenters. The summed E-state index contributed by atoms with van der Waals surface area (Å²) < 4.78 is 12.0. The van der Waals surface area contributed by atoms with Crippen LogP contribution in [0.3, 0.4) is 0 Å². The molecule has 0 radical (unpaired) electrons. The average Bonchev–Trinajstić information content (AvgIpc) is 3.49. The first-order valence-electron chi connectivity index (χ1n) is 12.4. The number of benzene rings is 3. The van der Waals surface area contributed by atoms with E-state index in [-0.39, 0.29) is 11.2 Å². The number of hydrogen-bond donors (Lipinski definition) is 0. The van der Waals surface area contributed by atoms with Crippen LogP contribution in [0, 0.1) is 5.41 Å². The topological polar surface area (TPSA) is 35.5 Å². The second kappa shape index (κ2) is 8.33. The summed E-state index contributed by atoms with van der Waals surface area (Å²) in [5, 5.41) is 0. The lowest BCUT2D eigenvalue weighted by atomic mass is 9.64. The van der Waals surface area contributed by atoms with Crippen molar-refractivity contribution in [1.29, 1.82) is 0 Å². The molecular weight excluding hydrogens is 420 g/mol. The predicted molar refractivity (Wildman–Crippen MR) is 132 cm³/mol. The number of hydrogen-bond acceptors (Lipinski definition) is 3. The van der Waals surface area contributed by atoms with E-state index < -0.39 is 11.2 Å². The van der Waals surface area contributed by atoms with E-state index in [2.05, 4.69) is 78.9 Å². The molecule has 3 nitrogen and oxygen atoms in total. The van der Waals surface area contributed by atoms with E-state index in [1.54, 1.807) is 0 Å². The summed E-state index contributed by atoms with van der Waals surface area (Å²) >= 11 is 0. The molecule has 0 aromatic heterocycles. The summed E-state index contributed by atoms with van der Waals surface area (Å²) in [5.41, 5.74) is 3.49. The van der Waals surface area contributed by atoms with E-state index >= 15 is 0 Å². The van der Waals surface area contributed by atoms with Crippen LogP contribution in [0.2, 0.25) is 0 Å². The Morgan fingerprint density at radius 3 is 1.50 bits per heavy atom. The molecular formula is C31H30O3. The first-order chi connectivity index (χ1) is 16.7. The van der Waals surface area contributed by atoms with Gasteiger partial charge in [0, 0.05) is 24.8 Å². The highest BCUT2D eigenvalue weighted by Gasteiger charge is 2.53. The monoisotopic (exact) mass is 450 g/mol. The number of ether oxygens (including phenoxy) is 2. The van der Waals surface area contributed by atoms with Crippen molar-refractivity contribution in [2.45, 2.75) is 43.3 Å². The van der Waals surface area contributed by atoms with Gasteiger partial charge in [0.05, 0.1) is 18.6 Å². The van der Waals surface area contributed by atoms with Gasteiger partial charge in [-0.1, -0.05) is 97.1 Å². The molecule has 34 heavy (non-hydrogen) atoms. The number of ketones is 1. The standard InChI is InChI=1S/C31H30O3/c32-28-23-29(16-18-30(19-17-29)33-20-21-34-30)22-27(28)31(24-10-4-1-5-11-24,25-12-6-2-7-13-25)26-14-8-3-9-15-26/h1-15,22H,16-21,23H2. The van der Waals surface area contributed by atoms with Crippen molar-refractivity contribution >= 4 is 5.78 Å². The Hall–Kier alpha value is -3.01. The molecule has 1 heterocycles. The number of Topliss-reactive ketones (excluding diaryl/α,β-unsaturated/α-hetero) is 1. The van der Waals surface area contributed by atoms with Crippen molar-refractivity contribution in [3.8, 4) is 0 Å². The van der Waals surface area contributed by atoms with Crippen molar-refractivity contribution in [3.05, 3.63) is 119 Å². The van der Waals surface area contributed by atoms with Gasteiger partial charge in [-0.05, 0) is 34.9 Å². The zero-order chi connectivity index (χ0) is 23.1. The summed E-state index contributed by atoms with van der Waals surface area (Å²) in [6.45, 7) is 1.35. The third-order valence-corrected chi connectivity index (χ3v) is 8.11. The molecule has 6 rings (SSSR count). The number of allylic oxidation sites excluding steroid dienone is 2. The molecule has 3 heteroatoms. The summed E-state index contributed by atoms with van der Waals surface area (Å²) in [6.07, 6.45) is 6.42. The van der Waals surface area contributed by atoms with E-state index in [1.165, 1.54) is 0 Å². The van der Waals surface area contributed by atoms with Gasteiger partial charge in [-0.3, -0.25) is 4.79 Å². The largest absolute Gasteiger partial charge is 0.348 e. The van der Waals surface area contributed by atoms with Gasteiger partial charge in [0.15, 0.2) is 11.6 Å². The Morgan fingerprint density at radius 2 is 1.06 bits per heavy atom. The molecule has 172 valence electrons. The van der Waals surface area contributed by atoms with Crippen LogP contribution in [0.15, 0.2) is 103 Å². The van der Waals surface area contributed by atoms with Crippen molar-refractivity contribution in [1.82, 2.24) is 0 Å². The molecule has 0 atom stereocenters. The number of carbonyl (C=O) groups excluding carboxylic acids is 1. The minimum absolute atomic E-state index is 0.128. The van der Waals surface area contributed by atoms with Gasteiger partial charge in [0.2, 0.25) is 0 Å². The van der Waals surface area contributed by atoms with Gasteiger partial charge in [0.25, 0.3) is 0 Å². The lowest BCUT2D eigenvalue weighted by molar-refractivity contribution is -0.188. The van der Waals surface area contributed by atoms with Crippen molar-refractivity contribution in [2.75, 3.05) is 13.2 Å². The lowest BCUT2D eigenvalue weighted by Crippen LogP contribution is -2.39. The fraction of sp³-hybridized carbons (Fsp3) is 0.323. The Balaban J connectivity index is 1.54. The zero-order valence-electron chi connectivity index (χ0n) is 19.4. The Morgan fingerprint density at radius 1 is 0.618 bits per heavy atom. The van der Waals surface area contributed by atoms with Gasteiger partial charge < -0.3 is 9.47 Å². The SMILES string of the molecule is O=C1CC2(C=C1C(c1ccccc1)(c1ccccc1)c1ccccc1)CCC1(CC2)OCCO1. The minimum atomic E-state index is -0.653.